The average Bonchev–Trinajstić information content (AvgIpc) is 3.24. The summed E-state index contributed by atoms with van der Waals surface area (Å²) in [5.74, 6) is 1.69. The fourth-order valence-electron chi connectivity index (χ4n) is 3.23. The van der Waals surface area contributed by atoms with Crippen LogP contribution in [0.3, 0.4) is 0 Å². The first-order valence-electron chi connectivity index (χ1n) is 10.4. The molecule has 0 atom stereocenters. The van der Waals surface area contributed by atoms with E-state index in [4.69, 9.17) is 18.9 Å². The Kier molecular flexibility index (Phi) is 8.22. The van der Waals surface area contributed by atoms with Crippen LogP contribution in [0.4, 0.5) is 5.82 Å². The summed E-state index contributed by atoms with van der Waals surface area (Å²) in [6, 6.07) is 10.0. The zero-order chi connectivity index (χ0) is 25.4. The Morgan fingerprint density at radius 1 is 1.14 bits per heavy atom. The summed E-state index contributed by atoms with van der Waals surface area (Å²) in [6.45, 7) is 2.22. The van der Waals surface area contributed by atoms with E-state index >= 15 is 0 Å². The molecule has 0 aliphatic carbocycles. The van der Waals surface area contributed by atoms with Gasteiger partial charge >= 0.3 is 5.82 Å². The Bertz CT molecular complexity index is 1200. The number of amides is 1. The zero-order valence-corrected chi connectivity index (χ0v) is 19.7. The molecule has 0 saturated heterocycles. The first-order chi connectivity index (χ1) is 16.9. The molecule has 0 aliphatic rings. The quantitative estimate of drug-likeness (QED) is 0.249. The number of ether oxygens (including phenoxy) is 4. The highest BCUT2D eigenvalue weighted by Crippen LogP contribution is 2.38. The summed E-state index contributed by atoms with van der Waals surface area (Å²) < 4.78 is 22.9. The summed E-state index contributed by atoms with van der Waals surface area (Å²) in [6.07, 6.45) is 2.71. The fraction of sp³-hybridized carbons (Fsp3) is 0.261. The third-order valence-corrected chi connectivity index (χ3v) is 4.99. The molecule has 0 unspecified atom stereocenters. The first-order valence-corrected chi connectivity index (χ1v) is 10.4. The van der Waals surface area contributed by atoms with E-state index in [2.05, 4.69) is 15.5 Å². The molecule has 35 heavy (non-hydrogen) atoms. The van der Waals surface area contributed by atoms with Crippen LogP contribution in [-0.2, 0) is 6.54 Å². The zero-order valence-electron chi connectivity index (χ0n) is 19.7. The first kappa shape index (κ1) is 25.0. The highest BCUT2D eigenvalue weighted by Gasteiger charge is 2.18. The van der Waals surface area contributed by atoms with Gasteiger partial charge in [-0.1, -0.05) is 0 Å². The molecular weight excluding hydrogens is 458 g/mol. The molecule has 1 aromatic heterocycles. The normalized spacial score (nSPS) is 10.7. The van der Waals surface area contributed by atoms with Crippen molar-refractivity contribution in [1.82, 2.24) is 15.0 Å². The van der Waals surface area contributed by atoms with Crippen molar-refractivity contribution in [2.45, 2.75) is 13.5 Å². The Labute approximate surface area is 201 Å². The molecule has 0 bridgehead atoms. The molecule has 0 spiro atoms. The van der Waals surface area contributed by atoms with Gasteiger partial charge in [0.15, 0.2) is 17.3 Å². The lowest BCUT2D eigenvalue weighted by molar-refractivity contribution is -0.392. The van der Waals surface area contributed by atoms with Crippen LogP contribution in [0.5, 0.6) is 23.0 Å². The molecule has 1 heterocycles. The minimum Gasteiger partial charge on any atom is -0.493 e. The highest BCUT2D eigenvalue weighted by atomic mass is 16.6. The molecule has 184 valence electrons. The van der Waals surface area contributed by atoms with Gasteiger partial charge in [0.05, 0.1) is 27.5 Å². The van der Waals surface area contributed by atoms with Gasteiger partial charge in [-0.15, -0.1) is 0 Å². The monoisotopic (exact) mass is 483 g/mol. The van der Waals surface area contributed by atoms with Gasteiger partial charge in [-0.3, -0.25) is 4.79 Å². The van der Waals surface area contributed by atoms with Crippen molar-refractivity contribution in [2.75, 3.05) is 27.9 Å². The van der Waals surface area contributed by atoms with Crippen molar-refractivity contribution in [2.24, 2.45) is 5.10 Å². The van der Waals surface area contributed by atoms with Crippen LogP contribution in [0, 0.1) is 17.0 Å². The van der Waals surface area contributed by atoms with E-state index in [9.17, 15) is 14.9 Å². The molecule has 0 aliphatic heterocycles. The van der Waals surface area contributed by atoms with Crippen molar-refractivity contribution in [1.29, 1.82) is 0 Å². The number of nitrogens with one attached hydrogen (secondary N) is 1. The van der Waals surface area contributed by atoms with E-state index in [0.29, 0.717) is 28.8 Å². The fourth-order valence-corrected chi connectivity index (χ4v) is 3.23. The van der Waals surface area contributed by atoms with Gasteiger partial charge in [0, 0.05) is 12.5 Å². The molecule has 1 amide bonds. The second-order valence-electron chi connectivity index (χ2n) is 7.10. The molecule has 3 rings (SSSR count). The van der Waals surface area contributed by atoms with Crippen molar-refractivity contribution >= 4 is 17.9 Å². The number of methoxy groups -OCH3 is 3. The number of benzene rings is 2. The van der Waals surface area contributed by atoms with Crippen LogP contribution >= 0.6 is 0 Å². The van der Waals surface area contributed by atoms with E-state index in [1.807, 2.05) is 0 Å². The molecule has 0 radical (unpaired) electrons. The van der Waals surface area contributed by atoms with Crippen LogP contribution < -0.4 is 24.4 Å². The lowest BCUT2D eigenvalue weighted by atomic mass is 10.1. The predicted octanol–water partition coefficient (Wildman–Crippen LogP) is 2.97. The van der Waals surface area contributed by atoms with Crippen LogP contribution in [0.25, 0.3) is 0 Å². The summed E-state index contributed by atoms with van der Waals surface area (Å²) in [5, 5.41) is 15.0. The van der Waals surface area contributed by atoms with Crippen LogP contribution in [-0.4, -0.2) is 54.5 Å². The molecular formula is C23H25N5O7. The van der Waals surface area contributed by atoms with Crippen molar-refractivity contribution in [3.8, 4) is 23.0 Å². The Hall–Kier alpha value is -4.61. The summed E-state index contributed by atoms with van der Waals surface area (Å²) in [7, 11) is 4.41. The standard InChI is InChI=1S/C23H25N5O7/c1-15-24-14-21(28(30)31)27(15)9-10-35-18-7-5-16(6-8-18)13-25-26-23(29)17-11-19(32-2)22(34-4)20(12-17)33-3/h5-8,11-14H,9-10H2,1-4H3,(H,26,29)/b25-13+. The van der Waals surface area contributed by atoms with Gasteiger partial charge in [-0.2, -0.15) is 5.10 Å². The Morgan fingerprint density at radius 2 is 1.80 bits per heavy atom. The Balaban J connectivity index is 1.56. The number of carbonyl (C=O) groups excluding carboxylic acids is 1. The third kappa shape index (κ3) is 6.05. The topological polar surface area (TPSA) is 139 Å². The number of rotatable bonds is 11. The maximum Gasteiger partial charge on any atom is 0.342 e. The third-order valence-electron chi connectivity index (χ3n) is 4.99. The summed E-state index contributed by atoms with van der Waals surface area (Å²) in [5.41, 5.74) is 3.47. The lowest BCUT2D eigenvalue weighted by Crippen LogP contribution is -2.18. The van der Waals surface area contributed by atoms with Crippen LogP contribution in [0.15, 0.2) is 47.7 Å². The van der Waals surface area contributed by atoms with Gasteiger partial charge < -0.3 is 29.1 Å². The van der Waals surface area contributed by atoms with E-state index < -0.39 is 10.8 Å². The number of nitrogens with zero attached hydrogens (tertiary/aromatic N) is 4. The Morgan fingerprint density at radius 3 is 2.37 bits per heavy atom. The SMILES string of the molecule is COc1cc(C(=O)N/N=C/c2ccc(OCCn3c([N+](=O)[O-])cnc3C)cc2)cc(OC)c1OC. The second kappa shape index (κ2) is 11.5. The minimum atomic E-state index is -0.478. The highest BCUT2D eigenvalue weighted by molar-refractivity contribution is 5.96. The number of aryl methyl sites for hydroxylation is 1. The lowest BCUT2D eigenvalue weighted by Gasteiger charge is -2.13. The minimum absolute atomic E-state index is 0.0776. The largest absolute Gasteiger partial charge is 0.493 e. The van der Waals surface area contributed by atoms with E-state index in [1.54, 1.807) is 31.2 Å². The number of hydrogen-bond acceptors (Lipinski definition) is 9. The smallest absolute Gasteiger partial charge is 0.342 e. The van der Waals surface area contributed by atoms with Crippen molar-refractivity contribution in [3.63, 3.8) is 0 Å². The van der Waals surface area contributed by atoms with Gasteiger partial charge in [-0.25, -0.2) is 15.0 Å². The number of carbonyl (C=O) groups is 1. The maximum atomic E-state index is 12.5. The van der Waals surface area contributed by atoms with Crippen molar-refractivity contribution in [3.05, 3.63) is 69.7 Å². The molecule has 0 fully saturated rings. The van der Waals surface area contributed by atoms with Gasteiger partial charge in [-0.05, 0) is 46.9 Å². The molecule has 12 nitrogen and oxygen atoms in total. The van der Waals surface area contributed by atoms with E-state index in [1.165, 1.54) is 50.4 Å². The van der Waals surface area contributed by atoms with E-state index in [0.717, 1.165) is 5.56 Å². The van der Waals surface area contributed by atoms with Crippen molar-refractivity contribution < 1.29 is 28.7 Å². The number of aromatic nitrogens is 2. The van der Waals surface area contributed by atoms with Crippen LogP contribution in [0.2, 0.25) is 0 Å². The number of hydrogen-bond donors (Lipinski definition) is 1. The van der Waals surface area contributed by atoms with Gasteiger partial charge in [0.25, 0.3) is 5.91 Å². The van der Waals surface area contributed by atoms with Crippen LogP contribution in [0.1, 0.15) is 21.7 Å². The maximum absolute atomic E-state index is 12.5. The molecule has 2 aromatic carbocycles. The predicted molar refractivity (Wildman–Crippen MR) is 127 cm³/mol. The number of imidazole rings is 1. The molecule has 12 heteroatoms. The second-order valence-corrected chi connectivity index (χ2v) is 7.10. The molecule has 1 N–H and O–H groups in total. The summed E-state index contributed by atoms with van der Waals surface area (Å²) >= 11 is 0. The van der Waals surface area contributed by atoms with Gasteiger partial charge in [0.2, 0.25) is 5.75 Å². The number of hydrazone groups is 1. The number of nitro groups is 1. The van der Waals surface area contributed by atoms with E-state index in [-0.39, 0.29) is 24.5 Å². The average molecular weight is 483 g/mol. The summed E-state index contributed by atoms with van der Waals surface area (Å²) in [4.78, 5) is 27.0. The molecule has 3 aromatic rings. The van der Waals surface area contributed by atoms with Gasteiger partial charge in [0.1, 0.15) is 25.1 Å². The molecule has 0 saturated carbocycles.